The maximum absolute atomic E-state index is 13.3. The first kappa shape index (κ1) is 17.2. The van der Waals surface area contributed by atoms with Crippen LogP contribution in [0.4, 0.5) is 5.95 Å². The molecule has 0 fully saturated rings. The van der Waals surface area contributed by atoms with E-state index < -0.39 is 0 Å². The highest BCUT2D eigenvalue weighted by Gasteiger charge is 2.21. The highest BCUT2D eigenvalue weighted by Crippen LogP contribution is 2.28. The Morgan fingerprint density at radius 3 is 2.69 bits per heavy atom. The van der Waals surface area contributed by atoms with Crippen LogP contribution in [0.25, 0.3) is 33.5 Å². The normalized spacial score (nSPS) is 11.4. The molecule has 0 atom stereocenters. The fourth-order valence-electron chi connectivity index (χ4n) is 3.60. The van der Waals surface area contributed by atoms with Gasteiger partial charge in [-0.25, -0.2) is 9.97 Å². The molecule has 8 heteroatoms. The number of furan rings is 1. The molecule has 0 aliphatic carbocycles. The van der Waals surface area contributed by atoms with E-state index in [9.17, 15) is 4.79 Å². The summed E-state index contributed by atoms with van der Waals surface area (Å²) >= 11 is 0. The minimum absolute atomic E-state index is 0.278. The lowest BCUT2D eigenvalue weighted by Gasteiger charge is -2.08. The fraction of sp³-hybridized carbons (Fsp3) is 0.143. The number of para-hydroxylation sites is 2. The molecule has 8 nitrogen and oxygen atoms in total. The topological polar surface area (TPSA) is 90.8 Å². The Hall–Kier alpha value is -3.94. The molecule has 0 radical (unpaired) electrons. The lowest BCUT2D eigenvalue weighted by Crippen LogP contribution is -2.16. The molecule has 0 bridgehead atoms. The Morgan fingerprint density at radius 1 is 1.10 bits per heavy atom. The van der Waals surface area contributed by atoms with Gasteiger partial charge in [0, 0.05) is 14.1 Å². The number of hydrogen-bond donors (Lipinski definition) is 1. The molecule has 1 amide bonds. The van der Waals surface area contributed by atoms with Crippen molar-refractivity contribution in [3.63, 3.8) is 0 Å². The van der Waals surface area contributed by atoms with Crippen LogP contribution in [-0.4, -0.2) is 30.2 Å². The fourth-order valence-corrected chi connectivity index (χ4v) is 3.60. The first-order chi connectivity index (χ1) is 14.0. The van der Waals surface area contributed by atoms with Crippen LogP contribution in [0.1, 0.15) is 16.1 Å². The zero-order valence-corrected chi connectivity index (χ0v) is 16.2. The molecule has 4 aromatic heterocycles. The summed E-state index contributed by atoms with van der Waals surface area (Å²) < 4.78 is 9.01. The Labute approximate surface area is 165 Å². The summed E-state index contributed by atoms with van der Waals surface area (Å²) in [6, 6.07) is 13.1. The van der Waals surface area contributed by atoms with Gasteiger partial charge in [0.2, 0.25) is 5.95 Å². The molecule has 0 aliphatic heterocycles. The second-order valence-electron chi connectivity index (χ2n) is 6.88. The second-order valence-corrected chi connectivity index (χ2v) is 6.88. The Bertz CT molecular complexity index is 1380. The minimum Gasteiger partial charge on any atom is -0.463 e. The van der Waals surface area contributed by atoms with E-state index in [2.05, 4.69) is 20.4 Å². The number of aromatic nitrogens is 5. The van der Waals surface area contributed by atoms with Gasteiger partial charge in [-0.05, 0) is 37.3 Å². The lowest BCUT2D eigenvalue weighted by molar-refractivity contribution is 0.102. The van der Waals surface area contributed by atoms with E-state index in [1.165, 1.54) is 0 Å². The number of carbonyl (C=O) groups excluding carboxylic acids is 1. The van der Waals surface area contributed by atoms with Gasteiger partial charge in [-0.1, -0.05) is 12.1 Å². The smallest absolute Gasteiger partial charge is 0.258 e. The highest BCUT2D eigenvalue weighted by atomic mass is 16.3. The van der Waals surface area contributed by atoms with Crippen LogP contribution in [-0.2, 0) is 14.1 Å². The van der Waals surface area contributed by atoms with E-state index >= 15 is 0 Å². The quantitative estimate of drug-likeness (QED) is 0.511. The van der Waals surface area contributed by atoms with Crippen molar-refractivity contribution in [2.75, 3.05) is 5.32 Å². The van der Waals surface area contributed by atoms with Crippen LogP contribution in [0.2, 0.25) is 0 Å². The summed E-state index contributed by atoms with van der Waals surface area (Å²) in [5.41, 5.74) is 4.15. The maximum atomic E-state index is 13.3. The second kappa shape index (κ2) is 6.30. The summed E-state index contributed by atoms with van der Waals surface area (Å²) in [6.45, 7) is 1.86. The van der Waals surface area contributed by atoms with Crippen LogP contribution >= 0.6 is 0 Å². The number of hydrogen-bond acceptors (Lipinski definition) is 5. The molecule has 1 N–H and O–H groups in total. The Morgan fingerprint density at radius 2 is 1.93 bits per heavy atom. The minimum atomic E-state index is -0.278. The maximum Gasteiger partial charge on any atom is 0.258 e. The monoisotopic (exact) mass is 386 g/mol. The van der Waals surface area contributed by atoms with E-state index in [1.807, 2.05) is 48.9 Å². The van der Waals surface area contributed by atoms with Crippen molar-refractivity contribution in [2.24, 2.45) is 14.1 Å². The van der Waals surface area contributed by atoms with Crippen molar-refractivity contribution in [3.8, 4) is 11.5 Å². The van der Waals surface area contributed by atoms with Crippen molar-refractivity contribution in [2.45, 2.75) is 6.92 Å². The van der Waals surface area contributed by atoms with E-state index in [-0.39, 0.29) is 5.91 Å². The third-order valence-electron chi connectivity index (χ3n) is 5.00. The molecule has 5 aromatic rings. The number of amides is 1. The molecule has 0 saturated heterocycles. The summed E-state index contributed by atoms with van der Waals surface area (Å²) in [6.07, 6.45) is 1.58. The molecule has 4 heterocycles. The third kappa shape index (κ3) is 2.68. The van der Waals surface area contributed by atoms with Gasteiger partial charge in [-0.15, -0.1) is 0 Å². The van der Waals surface area contributed by atoms with E-state index in [1.54, 1.807) is 30.1 Å². The number of aryl methyl sites for hydroxylation is 3. The van der Waals surface area contributed by atoms with Gasteiger partial charge in [-0.2, -0.15) is 5.10 Å². The molecular weight excluding hydrogens is 368 g/mol. The first-order valence-corrected chi connectivity index (χ1v) is 9.14. The summed E-state index contributed by atoms with van der Waals surface area (Å²) in [5.74, 6) is 0.782. The molecule has 0 spiro atoms. The van der Waals surface area contributed by atoms with E-state index in [0.717, 1.165) is 16.7 Å². The van der Waals surface area contributed by atoms with Crippen molar-refractivity contribution in [1.82, 2.24) is 24.3 Å². The number of nitrogens with zero attached hydrogens (tertiary/aromatic N) is 5. The van der Waals surface area contributed by atoms with E-state index in [4.69, 9.17) is 4.42 Å². The van der Waals surface area contributed by atoms with Crippen LogP contribution in [0, 0.1) is 6.92 Å². The zero-order chi connectivity index (χ0) is 20.1. The zero-order valence-electron chi connectivity index (χ0n) is 16.2. The molecule has 5 rings (SSSR count). The molecule has 144 valence electrons. The molecule has 0 unspecified atom stereocenters. The van der Waals surface area contributed by atoms with Crippen LogP contribution in [0.15, 0.2) is 53.1 Å². The number of rotatable bonds is 3. The Kier molecular flexibility index (Phi) is 3.73. The predicted octanol–water partition coefficient (Wildman–Crippen LogP) is 3.68. The number of anilines is 1. The number of benzene rings is 1. The SMILES string of the molecule is Cc1nn(C)c2nc(-c3ccco3)cc(C(=O)Nc3nc4ccccc4n3C)c12. The number of fused-ring (bicyclic) bond motifs is 2. The van der Waals surface area contributed by atoms with Gasteiger partial charge in [-0.3, -0.25) is 14.8 Å². The Balaban J connectivity index is 1.64. The molecule has 1 aromatic carbocycles. The first-order valence-electron chi connectivity index (χ1n) is 9.14. The standard InChI is InChI=1S/C21H18N6O2/c1-12-18-13(11-15(17-9-6-10-29-17)22-19(18)27(3)25-12)20(28)24-21-23-14-7-4-5-8-16(14)26(21)2/h4-11H,1-3H3,(H,23,24,28). The average molecular weight is 386 g/mol. The molecule has 0 saturated carbocycles. The molecular formula is C21H18N6O2. The average Bonchev–Trinajstić information content (AvgIpc) is 3.42. The summed E-state index contributed by atoms with van der Waals surface area (Å²) in [5, 5.41) is 8.08. The van der Waals surface area contributed by atoms with Crippen molar-refractivity contribution < 1.29 is 9.21 Å². The lowest BCUT2D eigenvalue weighted by atomic mass is 10.1. The molecule has 29 heavy (non-hydrogen) atoms. The van der Waals surface area contributed by atoms with Gasteiger partial charge in [0.15, 0.2) is 11.4 Å². The number of pyridine rings is 1. The van der Waals surface area contributed by atoms with Gasteiger partial charge >= 0.3 is 0 Å². The third-order valence-corrected chi connectivity index (χ3v) is 5.00. The van der Waals surface area contributed by atoms with Crippen molar-refractivity contribution in [1.29, 1.82) is 0 Å². The van der Waals surface area contributed by atoms with Crippen LogP contribution in [0.5, 0.6) is 0 Å². The predicted molar refractivity (Wildman–Crippen MR) is 110 cm³/mol. The summed E-state index contributed by atoms with van der Waals surface area (Å²) in [7, 11) is 3.68. The van der Waals surface area contributed by atoms with Crippen LogP contribution < -0.4 is 5.32 Å². The molecule has 0 aliphatic rings. The van der Waals surface area contributed by atoms with Gasteiger partial charge in [0.25, 0.3) is 5.91 Å². The number of nitrogens with one attached hydrogen (secondary N) is 1. The highest BCUT2D eigenvalue weighted by molar-refractivity contribution is 6.13. The van der Waals surface area contributed by atoms with Gasteiger partial charge in [0.1, 0.15) is 5.69 Å². The van der Waals surface area contributed by atoms with Gasteiger partial charge in [0.05, 0.1) is 33.9 Å². The summed E-state index contributed by atoms with van der Waals surface area (Å²) in [4.78, 5) is 22.5. The largest absolute Gasteiger partial charge is 0.463 e. The number of imidazole rings is 1. The van der Waals surface area contributed by atoms with Crippen molar-refractivity contribution >= 4 is 33.9 Å². The van der Waals surface area contributed by atoms with Gasteiger partial charge < -0.3 is 8.98 Å². The van der Waals surface area contributed by atoms with Crippen molar-refractivity contribution in [3.05, 3.63) is 60.0 Å². The number of carbonyl (C=O) groups is 1. The van der Waals surface area contributed by atoms with E-state index in [0.29, 0.717) is 34.0 Å². The van der Waals surface area contributed by atoms with Crippen LogP contribution in [0.3, 0.4) is 0 Å².